The van der Waals surface area contributed by atoms with Crippen molar-refractivity contribution in [3.63, 3.8) is 0 Å². The van der Waals surface area contributed by atoms with Crippen molar-refractivity contribution in [2.75, 3.05) is 25.7 Å². The Hall–Kier alpha value is -3.25. The lowest BCUT2D eigenvalue weighted by Gasteiger charge is -2.18. The minimum atomic E-state index is -0.562. The lowest BCUT2D eigenvalue weighted by Crippen LogP contribution is -2.24. The molecule has 0 spiro atoms. The van der Waals surface area contributed by atoms with Crippen LogP contribution in [0, 0.1) is 0 Å². The Balaban J connectivity index is 2.17. The van der Waals surface area contributed by atoms with Crippen LogP contribution in [0.15, 0.2) is 59.3 Å². The van der Waals surface area contributed by atoms with E-state index in [-0.39, 0.29) is 23.7 Å². The Kier molecular flexibility index (Phi) is 6.47. The second-order valence-electron chi connectivity index (χ2n) is 6.46. The van der Waals surface area contributed by atoms with Crippen LogP contribution in [0.2, 0.25) is 5.02 Å². The van der Waals surface area contributed by atoms with Crippen LogP contribution in [0.4, 0.5) is 5.69 Å². The van der Waals surface area contributed by atoms with Crippen molar-refractivity contribution < 1.29 is 23.8 Å². The summed E-state index contributed by atoms with van der Waals surface area (Å²) in [7, 11) is 3.09. The monoisotopic (exact) mass is 427 g/mol. The maximum Gasteiger partial charge on any atom is 0.340 e. The molecule has 1 aliphatic rings. The summed E-state index contributed by atoms with van der Waals surface area (Å²) < 4.78 is 15.9. The van der Waals surface area contributed by atoms with E-state index in [0.717, 1.165) is 0 Å². The first-order valence-electron chi connectivity index (χ1n) is 9.33. The molecule has 0 N–H and O–H groups in total. The predicted octanol–water partition coefficient (Wildman–Crippen LogP) is 4.62. The summed E-state index contributed by atoms with van der Waals surface area (Å²) in [5.41, 5.74) is 2.11. The van der Waals surface area contributed by atoms with Gasteiger partial charge in [-0.15, -0.1) is 0 Å². The van der Waals surface area contributed by atoms with E-state index in [0.29, 0.717) is 33.5 Å². The smallest absolute Gasteiger partial charge is 0.340 e. The summed E-state index contributed by atoms with van der Waals surface area (Å²) in [4.78, 5) is 27.6. The Morgan fingerprint density at radius 3 is 2.40 bits per heavy atom. The highest BCUT2D eigenvalue weighted by molar-refractivity contribution is 6.30. The molecule has 0 saturated carbocycles. The average Bonchev–Trinajstić information content (AvgIpc) is 2.98. The second-order valence-corrected chi connectivity index (χ2v) is 6.90. The highest BCUT2D eigenvalue weighted by Crippen LogP contribution is 2.37. The molecule has 1 aliphatic heterocycles. The van der Waals surface area contributed by atoms with Crippen molar-refractivity contribution in [1.82, 2.24) is 0 Å². The number of methoxy groups -OCH3 is 2. The third kappa shape index (κ3) is 4.04. The average molecular weight is 428 g/mol. The van der Waals surface area contributed by atoms with Crippen molar-refractivity contribution in [1.29, 1.82) is 0 Å². The molecule has 2 aromatic carbocycles. The van der Waals surface area contributed by atoms with Crippen LogP contribution >= 0.6 is 11.6 Å². The minimum absolute atomic E-state index is 0.195. The summed E-state index contributed by atoms with van der Waals surface area (Å²) in [5.74, 6) is 0.235. The van der Waals surface area contributed by atoms with Gasteiger partial charge >= 0.3 is 5.97 Å². The normalized spacial score (nSPS) is 15.0. The number of anilines is 1. The molecule has 0 unspecified atom stereocenters. The Morgan fingerprint density at radius 1 is 1.10 bits per heavy atom. The number of allylic oxidation sites excluding steroid dienone is 1. The SMILES string of the molecule is CCOC(=O)C1=C(C)N(c2ccc(Cl)cc2)C(=O)/C1=C\c1cc(OC)ccc1OC. The molecule has 6 nitrogen and oxygen atoms in total. The lowest BCUT2D eigenvalue weighted by atomic mass is 10.0. The summed E-state index contributed by atoms with van der Waals surface area (Å²) in [6, 6.07) is 12.1. The molecule has 0 atom stereocenters. The number of amides is 1. The largest absolute Gasteiger partial charge is 0.497 e. The number of hydrogen-bond donors (Lipinski definition) is 0. The van der Waals surface area contributed by atoms with E-state index in [9.17, 15) is 9.59 Å². The molecule has 0 saturated heterocycles. The minimum Gasteiger partial charge on any atom is -0.497 e. The van der Waals surface area contributed by atoms with Gasteiger partial charge in [-0.25, -0.2) is 4.79 Å². The van der Waals surface area contributed by atoms with Crippen molar-refractivity contribution >= 4 is 35.2 Å². The van der Waals surface area contributed by atoms with Crippen LogP contribution in [0.5, 0.6) is 11.5 Å². The zero-order chi connectivity index (χ0) is 21.8. The van der Waals surface area contributed by atoms with E-state index in [2.05, 4.69) is 0 Å². The summed E-state index contributed by atoms with van der Waals surface area (Å²) in [6.07, 6.45) is 1.62. The molecule has 0 fully saturated rings. The van der Waals surface area contributed by atoms with Gasteiger partial charge in [0.2, 0.25) is 0 Å². The summed E-state index contributed by atoms with van der Waals surface area (Å²) in [6.45, 7) is 3.62. The Labute approximate surface area is 180 Å². The van der Waals surface area contributed by atoms with Crippen LogP contribution in [-0.2, 0) is 14.3 Å². The Bertz CT molecular complexity index is 1040. The number of esters is 1. The first-order valence-corrected chi connectivity index (χ1v) is 9.71. The van der Waals surface area contributed by atoms with Crippen LogP contribution in [0.25, 0.3) is 6.08 Å². The fourth-order valence-electron chi connectivity index (χ4n) is 3.29. The third-order valence-corrected chi connectivity index (χ3v) is 4.95. The number of rotatable bonds is 6. The lowest BCUT2D eigenvalue weighted by molar-refractivity contribution is -0.138. The number of halogens is 1. The number of carbonyl (C=O) groups excluding carboxylic acids is 2. The molecule has 1 amide bonds. The highest BCUT2D eigenvalue weighted by Gasteiger charge is 2.38. The first kappa shape index (κ1) is 21.5. The van der Waals surface area contributed by atoms with Crippen molar-refractivity contribution in [3.8, 4) is 11.5 Å². The standard InChI is InChI=1S/C23H22ClNO5/c1-5-30-23(27)21-14(2)25(17-8-6-16(24)7-9-17)22(26)19(21)13-15-12-18(28-3)10-11-20(15)29-4/h6-13H,5H2,1-4H3/b19-13-. The molecule has 0 bridgehead atoms. The van der Waals surface area contributed by atoms with E-state index < -0.39 is 5.97 Å². The molecule has 7 heteroatoms. The van der Waals surface area contributed by atoms with Crippen LogP contribution in [0.3, 0.4) is 0 Å². The van der Waals surface area contributed by atoms with Gasteiger partial charge in [0, 0.05) is 22.0 Å². The zero-order valence-corrected chi connectivity index (χ0v) is 17.9. The molecular formula is C23H22ClNO5. The molecule has 2 aromatic rings. The fraction of sp³-hybridized carbons (Fsp3) is 0.217. The van der Waals surface area contributed by atoms with Gasteiger partial charge in [-0.1, -0.05) is 11.6 Å². The molecule has 1 heterocycles. The third-order valence-electron chi connectivity index (χ3n) is 4.70. The Morgan fingerprint density at radius 2 is 1.80 bits per heavy atom. The number of carbonyl (C=O) groups is 2. The van der Waals surface area contributed by atoms with E-state index in [4.69, 9.17) is 25.8 Å². The van der Waals surface area contributed by atoms with Crippen LogP contribution < -0.4 is 14.4 Å². The zero-order valence-electron chi connectivity index (χ0n) is 17.2. The van der Waals surface area contributed by atoms with Gasteiger partial charge in [-0.3, -0.25) is 9.69 Å². The van der Waals surface area contributed by atoms with E-state index in [1.807, 2.05) is 0 Å². The predicted molar refractivity (Wildman–Crippen MR) is 116 cm³/mol. The van der Waals surface area contributed by atoms with Crippen molar-refractivity contribution in [3.05, 3.63) is 69.9 Å². The van der Waals surface area contributed by atoms with Gasteiger partial charge in [0.15, 0.2) is 0 Å². The van der Waals surface area contributed by atoms with Gasteiger partial charge in [0.1, 0.15) is 11.5 Å². The van der Waals surface area contributed by atoms with Crippen molar-refractivity contribution in [2.45, 2.75) is 13.8 Å². The van der Waals surface area contributed by atoms with Crippen LogP contribution in [-0.4, -0.2) is 32.7 Å². The summed E-state index contributed by atoms with van der Waals surface area (Å²) >= 11 is 5.98. The van der Waals surface area contributed by atoms with E-state index in [1.165, 1.54) is 12.0 Å². The quantitative estimate of drug-likeness (QED) is 0.497. The number of nitrogens with zero attached hydrogens (tertiary/aromatic N) is 1. The van der Waals surface area contributed by atoms with Gasteiger partial charge in [-0.05, 0) is 62.4 Å². The van der Waals surface area contributed by atoms with Gasteiger partial charge < -0.3 is 14.2 Å². The highest BCUT2D eigenvalue weighted by atomic mass is 35.5. The molecule has 0 radical (unpaired) electrons. The first-order chi connectivity index (χ1) is 14.4. The summed E-state index contributed by atoms with van der Waals surface area (Å²) in [5, 5.41) is 0.550. The van der Waals surface area contributed by atoms with Crippen molar-refractivity contribution in [2.24, 2.45) is 0 Å². The van der Waals surface area contributed by atoms with E-state index >= 15 is 0 Å². The molecule has 0 aliphatic carbocycles. The molecular weight excluding hydrogens is 406 g/mol. The van der Waals surface area contributed by atoms with Gasteiger partial charge in [0.25, 0.3) is 5.91 Å². The van der Waals surface area contributed by atoms with E-state index in [1.54, 1.807) is 69.5 Å². The maximum absolute atomic E-state index is 13.4. The molecule has 3 rings (SSSR count). The number of ether oxygens (including phenoxy) is 3. The molecule has 0 aromatic heterocycles. The maximum atomic E-state index is 13.4. The van der Waals surface area contributed by atoms with Gasteiger partial charge in [0.05, 0.1) is 32.0 Å². The fourth-order valence-corrected chi connectivity index (χ4v) is 3.42. The second kappa shape index (κ2) is 9.05. The number of benzene rings is 2. The number of hydrogen-bond acceptors (Lipinski definition) is 5. The van der Waals surface area contributed by atoms with Crippen LogP contribution in [0.1, 0.15) is 19.4 Å². The molecule has 30 heavy (non-hydrogen) atoms. The van der Waals surface area contributed by atoms with Gasteiger partial charge in [-0.2, -0.15) is 0 Å². The topological polar surface area (TPSA) is 65.1 Å². The molecule has 156 valence electrons.